The van der Waals surface area contributed by atoms with Crippen molar-refractivity contribution in [1.82, 2.24) is 9.97 Å². The number of rotatable bonds is 1. The molecule has 0 aliphatic heterocycles. The minimum Gasteiger partial charge on any atom is -0.508 e. The molecule has 0 unspecified atom stereocenters. The van der Waals surface area contributed by atoms with Crippen LogP contribution in [0, 0.1) is 0 Å². The summed E-state index contributed by atoms with van der Waals surface area (Å²) in [4.78, 5) is 18.2. The zero-order chi connectivity index (χ0) is 12.5. The molecule has 1 aromatic heterocycles. The van der Waals surface area contributed by atoms with E-state index in [4.69, 9.17) is 0 Å². The first-order valence-corrected chi connectivity index (χ1v) is 5.52. The van der Waals surface area contributed by atoms with E-state index >= 15 is 0 Å². The molecule has 0 spiro atoms. The fraction of sp³-hybridized carbons (Fsp3) is 0. The molecule has 88 valence electrons. The largest absolute Gasteiger partial charge is 0.508 e. The van der Waals surface area contributed by atoms with Crippen molar-refractivity contribution in [2.45, 2.75) is 0 Å². The number of phenols is 1. The van der Waals surface area contributed by atoms with Crippen LogP contribution in [0.3, 0.4) is 0 Å². The van der Waals surface area contributed by atoms with Gasteiger partial charge < -0.3 is 10.1 Å². The number of aromatic nitrogens is 2. The Morgan fingerprint density at radius 3 is 2.61 bits per heavy atom. The van der Waals surface area contributed by atoms with Gasteiger partial charge in [0.25, 0.3) is 0 Å². The normalized spacial score (nSPS) is 10.7. The number of nitrogens with one attached hydrogen (secondary N) is 1. The summed E-state index contributed by atoms with van der Waals surface area (Å²) in [5.41, 5.74) is 1.65. The molecule has 1 heterocycles. The fourth-order valence-corrected chi connectivity index (χ4v) is 1.96. The van der Waals surface area contributed by atoms with Crippen molar-refractivity contribution in [2.24, 2.45) is 0 Å². The van der Waals surface area contributed by atoms with E-state index in [-0.39, 0.29) is 5.75 Å². The highest BCUT2D eigenvalue weighted by Gasteiger charge is 2.07. The number of hydrogen-bond acceptors (Lipinski definition) is 3. The van der Waals surface area contributed by atoms with E-state index in [9.17, 15) is 9.90 Å². The zero-order valence-corrected chi connectivity index (χ0v) is 9.42. The molecule has 0 aliphatic rings. The molecule has 0 atom stereocenters. The summed E-state index contributed by atoms with van der Waals surface area (Å²) in [6.45, 7) is 0. The van der Waals surface area contributed by atoms with Crippen molar-refractivity contribution in [3.05, 3.63) is 59.0 Å². The Bertz CT molecular complexity index is 764. The Kier molecular flexibility index (Phi) is 2.34. The number of hydrogen-bond donors (Lipinski definition) is 2. The molecule has 4 heteroatoms. The lowest BCUT2D eigenvalue weighted by Gasteiger charge is -2.05. The lowest BCUT2D eigenvalue weighted by molar-refractivity contribution is 0.476. The van der Waals surface area contributed by atoms with E-state index in [1.54, 1.807) is 12.1 Å². The Morgan fingerprint density at radius 1 is 1.06 bits per heavy atom. The van der Waals surface area contributed by atoms with Crippen LogP contribution in [0.2, 0.25) is 0 Å². The quantitative estimate of drug-likeness (QED) is 0.683. The highest BCUT2D eigenvalue weighted by molar-refractivity contribution is 5.92. The average molecular weight is 238 g/mol. The number of aromatic amines is 1. The average Bonchev–Trinajstić information content (AvgIpc) is 2.38. The third-order valence-electron chi connectivity index (χ3n) is 2.76. The highest BCUT2D eigenvalue weighted by Crippen LogP contribution is 2.26. The monoisotopic (exact) mass is 238 g/mol. The Balaban J connectivity index is 2.39. The Hall–Kier alpha value is -2.62. The molecule has 0 aliphatic carbocycles. The summed E-state index contributed by atoms with van der Waals surface area (Å²) in [5.74, 6) is 0.114. The van der Waals surface area contributed by atoms with Gasteiger partial charge in [-0.25, -0.2) is 4.79 Å². The second-order valence-corrected chi connectivity index (χ2v) is 3.99. The maximum atomic E-state index is 11.5. The maximum absolute atomic E-state index is 11.5. The summed E-state index contributed by atoms with van der Waals surface area (Å²) in [7, 11) is 0. The Labute approximate surface area is 103 Å². The second kappa shape index (κ2) is 4.00. The molecule has 0 bridgehead atoms. The number of benzene rings is 2. The topological polar surface area (TPSA) is 66.0 Å². The van der Waals surface area contributed by atoms with Crippen molar-refractivity contribution in [3.8, 4) is 17.0 Å². The van der Waals surface area contributed by atoms with E-state index in [0.29, 0.717) is 11.2 Å². The van der Waals surface area contributed by atoms with Gasteiger partial charge in [-0.3, -0.25) is 0 Å². The van der Waals surface area contributed by atoms with Gasteiger partial charge in [0.05, 0.1) is 11.2 Å². The van der Waals surface area contributed by atoms with Crippen LogP contribution in [0.15, 0.2) is 53.3 Å². The summed E-state index contributed by atoms with van der Waals surface area (Å²) < 4.78 is 0. The third-order valence-corrected chi connectivity index (χ3v) is 2.76. The minimum atomic E-state index is -0.424. The number of phenolic OH excluding ortho intramolecular Hbond substituents is 1. The summed E-state index contributed by atoms with van der Waals surface area (Å²) >= 11 is 0. The van der Waals surface area contributed by atoms with Gasteiger partial charge in [0.2, 0.25) is 0 Å². The molecular weight excluding hydrogens is 228 g/mol. The van der Waals surface area contributed by atoms with Gasteiger partial charge in [0.1, 0.15) is 5.75 Å². The summed E-state index contributed by atoms with van der Waals surface area (Å²) in [5, 5.41) is 10.2. The molecule has 0 saturated carbocycles. The molecule has 3 aromatic rings. The molecule has 0 fully saturated rings. The van der Waals surface area contributed by atoms with Crippen LogP contribution >= 0.6 is 0 Å². The SMILES string of the molecule is O=c1nc(-c2ccccc2)c2ccc(O)cc2[nH]1. The molecular formula is C14H10N2O2. The molecule has 18 heavy (non-hydrogen) atoms. The van der Waals surface area contributed by atoms with Gasteiger partial charge in [-0.15, -0.1) is 0 Å². The van der Waals surface area contributed by atoms with E-state index in [0.717, 1.165) is 10.9 Å². The molecule has 2 N–H and O–H groups in total. The molecule has 0 saturated heterocycles. The predicted molar refractivity (Wildman–Crippen MR) is 69.5 cm³/mol. The first-order chi connectivity index (χ1) is 8.74. The Morgan fingerprint density at radius 2 is 1.83 bits per heavy atom. The van der Waals surface area contributed by atoms with Crippen molar-refractivity contribution < 1.29 is 5.11 Å². The minimum absolute atomic E-state index is 0.114. The van der Waals surface area contributed by atoms with Gasteiger partial charge in [-0.05, 0) is 12.1 Å². The third kappa shape index (κ3) is 1.73. The second-order valence-electron chi connectivity index (χ2n) is 3.99. The summed E-state index contributed by atoms with van der Waals surface area (Å²) in [6.07, 6.45) is 0. The van der Waals surface area contributed by atoms with E-state index in [2.05, 4.69) is 9.97 Å². The van der Waals surface area contributed by atoms with Gasteiger partial charge in [-0.2, -0.15) is 4.98 Å². The molecule has 3 rings (SSSR count). The van der Waals surface area contributed by atoms with Crippen LogP contribution < -0.4 is 5.69 Å². The van der Waals surface area contributed by atoms with Crippen LogP contribution in [0.25, 0.3) is 22.2 Å². The van der Waals surface area contributed by atoms with Crippen molar-refractivity contribution in [1.29, 1.82) is 0 Å². The first-order valence-electron chi connectivity index (χ1n) is 5.52. The van der Waals surface area contributed by atoms with Crippen molar-refractivity contribution in [2.75, 3.05) is 0 Å². The lowest BCUT2D eigenvalue weighted by atomic mass is 10.1. The standard InChI is InChI=1S/C14H10N2O2/c17-10-6-7-11-12(8-10)15-14(18)16-13(11)9-4-2-1-3-5-9/h1-8,17H,(H,15,16,18). The van der Waals surface area contributed by atoms with Crippen molar-refractivity contribution in [3.63, 3.8) is 0 Å². The predicted octanol–water partition coefficient (Wildman–Crippen LogP) is 2.30. The lowest BCUT2D eigenvalue weighted by Crippen LogP contribution is -2.11. The van der Waals surface area contributed by atoms with E-state index in [1.165, 1.54) is 6.07 Å². The van der Waals surface area contributed by atoms with Crippen LogP contribution in [-0.4, -0.2) is 15.1 Å². The molecule has 0 radical (unpaired) electrons. The first kappa shape index (κ1) is 10.5. The number of fused-ring (bicyclic) bond motifs is 1. The highest BCUT2D eigenvalue weighted by atomic mass is 16.3. The summed E-state index contributed by atoms with van der Waals surface area (Å²) in [6, 6.07) is 14.3. The maximum Gasteiger partial charge on any atom is 0.345 e. The van der Waals surface area contributed by atoms with Gasteiger partial charge in [0, 0.05) is 17.0 Å². The van der Waals surface area contributed by atoms with Crippen LogP contribution in [-0.2, 0) is 0 Å². The number of aromatic hydroxyl groups is 1. The van der Waals surface area contributed by atoms with Crippen LogP contribution in [0.5, 0.6) is 5.75 Å². The number of nitrogens with zero attached hydrogens (tertiary/aromatic N) is 1. The molecule has 2 aromatic carbocycles. The number of H-pyrrole nitrogens is 1. The fourth-order valence-electron chi connectivity index (χ4n) is 1.96. The zero-order valence-electron chi connectivity index (χ0n) is 9.42. The molecule has 0 amide bonds. The van der Waals surface area contributed by atoms with E-state index < -0.39 is 5.69 Å². The van der Waals surface area contributed by atoms with Crippen LogP contribution in [0.1, 0.15) is 0 Å². The van der Waals surface area contributed by atoms with Crippen molar-refractivity contribution >= 4 is 10.9 Å². The van der Waals surface area contributed by atoms with Gasteiger partial charge >= 0.3 is 5.69 Å². The van der Waals surface area contributed by atoms with E-state index in [1.807, 2.05) is 30.3 Å². The van der Waals surface area contributed by atoms with Gasteiger partial charge in [-0.1, -0.05) is 30.3 Å². The smallest absolute Gasteiger partial charge is 0.345 e. The molecule has 4 nitrogen and oxygen atoms in total. The van der Waals surface area contributed by atoms with Gasteiger partial charge in [0.15, 0.2) is 0 Å². The van der Waals surface area contributed by atoms with Crippen LogP contribution in [0.4, 0.5) is 0 Å².